The first-order valence-corrected chi connectivity index (χ1v) is 7.05. The Hall–Kier alpha value is -2.43. The molecule has 3 nitrogen and oxygen atoms in total. The first kappa shape index (κ1) is 15.9. The first-order chi connectivity index (χ1) is 10.6. The maximum absolute atomic E-state index is 13.4. The largest absolute Gasteiger partial charge is 0.493 e. The van der Waals surface area contributed by atoms with Crippen LogP contribution in [0.5, 0.6) is 5.75 Å². The third kappa shape index (κ3) is 4.28. The molecule has 0 aromatic heterocycles. The van der Waals surface area contributed by atoms with Crippen LogP contribution in [0.25, 0.3) is 0 Å². The molecule has 0 aliphatic rings. The van der Waals surface area contributed by atoms with Gasteiger partial charge in [0.05, 0.1) is 13.0 Å². The van der Waals surface area contributed by atoms with Crippen LogP contribution >= 0.6 is 0 Å². The van der Waals surface area contributed by atoms with E-state index in [1.54, 1.807) is 0 Å². The van der Waals surface area contributed by atoms with Crippen LogP contribution < -0.4 is 10.1 Å². The summed E-state index contributed by atoms with van der Waals surface area (Å²) in [4.78, 5) is 11.7. The van der Waals surface area contributed by atoms with Gasteiger partial charge in [-0.05, 0) is 36.2 Å². The molecule has 0 heterocycles. The second-order valence-electron chi connectivity index (χ2n) is 4.74. The van der Waals surface area contributed by atoms with E-state index < -0.39 is 23.2 Å². The minimum Gasteiger partial charge on any atom is -0.493 e. The van der Waals surface area contributed by atoms with E-state index in [1.807, 2.05) is 24.3 Å². The topological polar surface area (TPSA) is 38.3 Å². The van der Waals surface area contributed by atoms with Gasteiger partial charge in [-0.15, -0.1) is 0 Å². The zero-order valence-corrected chi connectivity index (χ0v) is 12.2. The summed E-state index contributed by atoms with van der Waals surface area (Å²) < 4.78 is 32.2. The number of carbonyl (C=O) groups is 1. The maximum Gasteiger partial charge on any atom is 0.227 e. The molecule has 0 aliphatic heterocycles. The predicted octanol–water partition coefficient (Wildman–Crippen LogP) is 3.93. The van der Waals surface area contributed by atoms with E-state index in [9.17, 15) is 13.6 Å². The summed E-state index contributed by atoms with van der Waals surface area (Å²) in [5.41, 5.74) is 0.764. The summed E-state index contributed by atoms with van der Waals surface area (Å²) in [6.45, 7) is 2.19. The molecule has 1 N–H and O–H groups in total. The lowest BCUT2D eigenvalue weighted by Gasteiger charge is -2.09. The lowest BCUT2D eigenvalue weighted by Crippen LogP contribution is -2.17. The zero-order chi connectivity index (χ0) is 15.9. The Morgan fingerprint density at radius 3 is 2.32 bits per heavy atom. The highest BCUT2D eigenvalue weighted by Gasteiger charge is 2.11. The SMILES string of the molecule is CCc1ccc(OCCC(=O)Nc2c(F)cccc2F)cc1. The monoisotopic (exact) mass is 305 g/mol. The lowest BCUT2D eigenvalue weighted by atomic mass is 10.2. The molecule has 0 radical (unpaired) electrons. The molecule has 22 heavy (non-hydrogen) atoms. The Bertz CT molecular complexity index is 621. The second kappa shape index (κ2) is 7.54. The fourth-order valence-corrected chi connectivity index (χ4v) is 1.90. The Morgan fingerprint density at radius 1 is 1.09 bits per heavy atom. The van der Waals surface area contributed by atoms with Crippen LogP contribution in [0.4, 0.5) is 14.5 Å². The average molecular weight is 305 g/mol. The standard InChI is InChI=1S/C17H17F2NO2/c1-2-12-6-8-13(9-7-12)22-11-10-16(21)20-17-14(18)4-3-5-15(17)19/h3-9H,2,10-11H2,1H3,(H,20,21). The van der Waals surface area contributed by atoms with Crippen LogP contribution in [0.15, 0.2) is 42.5 Å². The number of hydrogen-bond donors (Lipinski definition) is 1. The van der Waals surface area contributed by atoms with Gasteiger partial charge < -0.3 is 10.1 Å². The van der Waals surface area contributed by atoms with E-state index in [2.05, 4.69) is 12.2 Å². The van der Waals surface area contributed by atoms with Gasteiger partial charge in [0.15, 0.2) is 0 Å². The van der Waals surface area contributed by atoms with E-state index in [-0.39, 0.29) is 13.0 Å². The van der Waals surface area contributed by atoms with Crippen LogP contribution in [0.2, 0.25) is 0 Å². The van der Waals surface area contributed by atoms with E-state index in [1.165, 1.54) is 11.6 Å². The van der Waals surface area contributed by atoms with Gasteiger partial charge in [0.2, 0.25) is 5.91 Å². The van der Waals surface area contributed by atoms with Crippen LogP contribution in [0.1, 0.15) is 18.9 Å². The van der Waals surface area contributed by atoms with Crippen LogP contribution in [0, 0.1) is 11.6 Å². The number of para-hydroxylation sites is 1. The Balaban J connectivity index is 1.82. The first-order valence-electron chi connectivity index (χ1n) is 7.05. The Labute approximate surface area is 127 Å². The van der Waals surface area contributed by atoms with Gasteiger partial charge in [-0.2, -0.15) is 0 Å². The van der Waals surface area contributed by atoms with Gasteiger partial charge in [0.1, 0.15) is 23.1 Å². The van der Waals surface area contributed by atoms with Crippen molar-refractivity contribution < 1.29 is 18.3 Å². The van der Waals surface area contributed by atoms with Gasteiger partial charge in [-0.3, -0.25) is 4.79 Å². The van der Waals surface area contributed by atoms with Crippen molar-refractivity contribution in [2.45, 2.75) is 19.8 Å². The van der Waals surface area contributed by atoms with Crippen molar-refractivity contribution in [2.75, 3.05) is 11.9 Å². The number of carbonyl (C=O) groups excluding carboxylic acids is 1. The number of rotatable bonds is 6. The van der Waals surface area contributed by atoms with Gasteiger partial charge in [-0.1, -0.05) is 25.1 Å². The second-order valence-corrected chi connectivity index (χ2v) is 4.74. The summed E-state index contributed by atoms with van der Waals surface area (Å²) in [5, 5.41) is 2.21. The van der Waals surface area contributed by atoms with Gasteiger partial charge in [0, 0.05) is 0 Å². The van der Waals surface area contributed by atoms with Crippen molar-refractivity contribution >= 4 is 11.6 Å². The quantitative estimate of drug-likeness (QED) is 0.878. The Kier molecular flexibility index (Phi) is 5.47. The van der Waals surface area contributed by atoms with Crippen LogP contribution in [0.3, 0.4) is 0 Å². The number of ether oxygens (including phenoxy) is 1. The number of nitrogens with one attached hydrogen (secondary N) is 1. The molecule has 0 atom stereocenters. The highest BCUT2D eigenvalue weighted by molar-refractivity contribution is 5.91. The minimum atomic E-state index is -0.801. The molecular weight excluding hydrogens is 288 g/mol. The maximum atomic E-state index is 13.4. The number of aryl methyl sites for hydroxylation is 1. The summed E-state index contributed by atoms with van der Waals surface area (Å²) in [6, 6.07) is 11.0. The summed E-state index contributed by atoms with van der Waals surface area (Å²) in [7, 11) is 0. The number of benzene rings is 2. The highest BCUT2D eigenvalue weighted by Crippen LogP contribution is 2.18. The molecule has 5 heteroatoms. The number of halogens is 2. The molecule has 0 spiro atoms. The van der Waals surface area contributed by atoms with Crippen LogP contribution in [-0.4, -0.2) is 12.5 Å². The summed E-state index contributed by atoms with van der Waals surface area (Å²) in [5.74, 6) is -1.45. The molecule has 0 fully saturated rings. The lowest BCUT2D eigenvalue weighted by molar-refractivity contribution is -0.116. The third-order valence-electron chi connectivity index (χ3n) is 3.16. The smallest absolute Gasteiger partial charge is 0.227 e. The van der Waals surface area contributed by atoms with Crippen molar-refractivity contribution in [3.63, 3.8) is 0 Å². The van der Waals surface area contributed by atoms with Gasteiger partial charge in [-0.25, -0.2) is 8.78 Å². The molecule has 0 saturated heterocycles. The van der Waals surface area contributed by atoms with E-state index >= 15 is 0 Å². The molecule has 0 bridgehead atoms. The fourth-order valence-electron chi connectivity index (χ4n) is 1.90. The van der Waals surface area contributed by atoms with Gasteiger partial charge >= 0.3 is 0 Å². The van der Waals surface area contributed by atoms with Crippen molar-refractivity contribution in [1.29, 1.82) is 0 Å². The minimum absolute atomic E-state index is 0.00328. The van der Waals surface area contributed by atoms with Crippen molar-refractivity contribution in [3.8, 4) is 5.75 Å². The number of anilines is 1. The van der Waals surface area contributed by atoms with Crippen LogP contribution in [-0.2, 0) is 11.2 Å². The molecule has 116 valence electrons. The van der Waals surface area contributed by atoms with E-state index in [0.29, 0.717) is 5.75 Å². The van der Waals surface area contributed by atoms with E-state index in [0.717, 1.165) is 18.6 Å². The van der Waals surface area contributed by atoms with Crippen molar-refractivity contribution in [2.24, 2.45) is 0 Å². The highest BCUT2D eigenvalue weighted by atomic mass is 19.1. The van der Waals surface area contributed by atoms with Gasteiger partial charge in [0.25, 0.3) is 0 Å². The molecule has 0 aliphatic carbocycles. The Morgan fingerprint density at radius 2 is 1.73 bits per heavy atom. The molecule has 2 aromatic rings. The normalized spacial score (nSPS) is 10.3. The summed E-state index contributed by atoms with van der Waals surface area (Å²) >= 11 is 0. The molecule has 1 amide bonds. The molecule has 0 saturated carbocycles. The van der Waals surface area contributed by atoms with Crippen molar-refractivity contribution in [3.05, 3.63) is 59.7 Å². The predicted molar refractivity (Wildman–Crippen MR) is 80.9 cm³/mol. The molecule has 2 aromatic carbocycles. The fraction of sp³-hybridized carbons (Fsp3) is 0.235. The van der Waals surface area contributed by atoms with E-state index in [4.69, 9.17) is 4.74 Å². The molecular formula is C17H17F2NO2. The zero-order valence-electron chi connectivity index (χ0n) is 12.2. The number of amides is 1. The average Bonchev–Trinajstić information content (AvgIpc) is 2.52. The summed E-state index contributed by atoms with van der Waals surface area (Å²) in [6.07, 6.45) is 0.945. The van der Waals surface area contributed by atoms with Crippen molar-refractivity contribution in [1.82, 2.24) is 0 Å². The molecule has 0 unspecified atom stereocenters. The third-order valence-corrected chi connectivity index (χ3v) is 3.16. The number of hydrogen-bond acceptors (Lipinski definition) is 2. The molecule has 2 rings (SSSR count).